The van der Waals surface area contributed by atoms with Crippen LogP contribution in [-0.2, 0) is 0 Å². The molecule has 0 aliphatic carbocycles. The van der Waals surface area contributed by atoms with Gasteiger partial charge in [-0.15, -0.1) is 0 Å². The Morgan fingerprint density at radius 3 is 1.69 bits per heavy atom. The van der Waals surface area contributed by atoms with E-state index >= 15 is 0 Å². The average molecular weight is 365 g/mol. The Morgan fingerprint density at radius 1 is 0.654 bits per heavy atom. The molecule has 0 bridgehead atoms. The van der Waals surface area contributed by atoms with E-state index in [2.05, 4.69) is 49.9 Å². The van der Waals surface area contributed by atoms with E-state index in [1.54, 1.807) is 0 Å². The summed E-state index contributed by atoms with van der Waals surface area (Å²) in [6, 6.07) is 0.611. The smallest absolute Gasteiger partial charge is 0.101 e. The third kappa shape index (κ3) is 9.88. The van der Waals surface area contributed by atoms with E-state index in [1.807, 2.05) is 0 Å². The molecular formula is C24H48N2. The van der Waals surface area contributed by atoms with Gasteiger partial charge in [-0.25, -0.2) is 0 Å². The molecule has 0 aromatic carbocycles. The van der Waals surface area contributed by atoms with Crippen LogP contribution in [0.5, 0.6) is 0 Å². The minimum atomic E-state index is 0.611. The van der Waals surface area contributed by atoms with Gasteiger partial charge in [0.15, 0.2) is 0 Å². The molecule has 0 saturated carbocycles. The highest BCUT2D eigenvalue weighted by Crippen LogP contribution is 2.24. The summed E-state index contributed by atoms with van der Waals surface area (Å²) >= 11 is 0. The van der Waals surface area contributed by atoms with Crippen LogP contribution in [0.25, 0.3) is 0 Å². The van der Waals surface area contributed by atoms with Crippen LogP contribution in [0, 0.1) is 0 Å². The van der Waals surface area contributed by atoms with E-state index in [0.717, 1.165) is 0 Å². The zero-order valence-electron chi connectivity index (χ0n) is 18.5. The van der Waals surface area contributed by atoms with Crippen LogP contribution in [0.15, 0.2) is 12.4 Å². The molecule has 0 aromatic heterocycles. The second-order valence-electron chi connectivity index (χ2n) is 8.59. The van der Waals surface area contributed by atoms with Crippen molar-refractivity contribution in [2.45, 2.75) is 136 Å². The summed E-state index contributed by atoms with van der Waals surface area (Å²) in [6.07, 6.45) is 26.4. The highest BCUT2D eigenvalue weighted by Gasteiger charge is 2.26. The standard InChI is InChI=1S/C24H48N2/c1-5-7-9-11-12-13-14-16-18-20-25-21-22-26(23(3)4)24(25)19-17-15-10-8-6-2/h21-24H,5-20H2,1-4H3. The number of hydrogen-bond acceptors (Lipinski definition) is 2. The minimum absolute atomic E-state index is 0.611. The predicted octanol–water partition coefficient (Wildman–Crippen LogP) is 7.70. The first kappa shape index (κ1) is 23.4. The van der Waals surface area contributed by atoms with Crippen molar-refractivity contribution in [3.8, 4) is 0 Å². The largest absolute Gasteiger partial charge is 0.356 e. The summed E-state index contributed by atoms with van der Waals surface area (Å²) in [5.41, 5.74) is 0. The van der Waals surface area contributed by atoms with Crippen LogP contribution in [0.4, 0.5) is 0 Å². The molecule has 0 amide bonds. The summed E-state index contributed by atoms with van der Waals surface area (Å²) in [6.45, 7) is 10.5. The molecule has 1 aliphatic rings. The van der Waals surface area contributed by atoms with Crippen LogP contribution >= 0.6 is 0 Å². The zero-order valence-corrected chi connectivity index (χ0v) is 18.5. The molecule has 0 radical (unpaired) electrons. The highest BCUT2D eigenvalue weighted by molar-refractivity contribution is 4.98. The molecule has 154 valence electrons. The topological polar surface area (TPSA) is 6.48 Å². The molecule has 0 fully saturated rings. The molecule has 2 nitrogen and oxygen atoms in total. The minimum Gasteiger partial charge on any atom is -0.356 e. The van der Waals surface area contributed by atoms with Crippen LogP contribution in [0.1, 0.15) is 124 Å². The second-order valence-corrected chi connectivity index (χ2v) is 8.59. The Labute approximate surface area is 165 Å². The third-order valence-electron chi connectivity index (χ3n) is 5.84. The lowest BCUT2D eigenvalue weighted by molar-refractivity contribution is 0.114. The summed E-state index contributed by atoms with van der Waals surface area (Å²) in [5.74, 6) is 0. The van der Waals surface area contributed by atoms with Crippen LogP contribution in [0.3, 0.4) is 0 Å². The summed E-state index contributed by atoms with van der Waals surface area (Å²) in [5, 5.41) is 0. The number of unbranched alkanes of at least 4 members (excludes halogenated alkanes) is 12. The molecule has 1 aliphatic heterocycles. The van der Waals surface area contributed by atoms with Crippen molar-refractivity contribution >= 4 is 0 Å². The SMILES string of the molecule is CCCCCCCCCCCN1C=CN(C(C)C)C1CCCCCCC. The van der Waals surface area contributed by atoms with E-state index in [1.165, 1.54) is 103 Å². The Bertz CT molecular complexity index is 337. The van der Waals surface area contributed by atoms with Gasteiger partial charge in [-0.05, 0) is 33.1 Å². The summed E-state index contributed by atoms with van der Waals surface area (Å²) in [4.78, 5) is 5.20. The Kier molecular flexibility index (Phi) is 13.9. The maximum absolute atomic E-state index is 2.63. The molecule has 1 heterocycles. The summed E-state index contributed by atoms with van der Waals surface area (Å²) < 4.78 is 0. The molecule has 0 saturated heterocycles. The average Bonchev–Trinajstić information content (AvgIpc) is 3.03. The second kappa shape index (κ2) is 15.4. The molecule has 1 unspecified atom stereocenters. The maximum Gasteiger partial charge on any atom is 0.101 e. The van der Waals surface area contributed by atoms with E-state index < -0.39 is 0 Å². The highest BCUT2D eigenvalue weighted by atomic mass is 15.4. The van der Waals surface area contributed by atoms with Crippen LogP contribution < -0.4 is 0 Å². The molecular weight excluding hydrogens is 316 g/mol. The van der Waals surface area contributed by atoms with Gasteiger partial charge in [-0.1, -0.05) is 90.9 Å². The van der Waals surface area contributed by atoms with E-state index in [0.29, 0.717) is 12.2 Å². The van der Waals surface area contributed by atoms with Gasteiger partial charge in [0.05, 0.1) is 0 Å². The van der Waals surface area contributed by atoms with Gasteiger partial charge in [-0.2, -0.15) is 0 Å². The van der Waals surface area contributed by atoms with Crippen molar-refractivity contribution in [1.29, 1.82) is 0 Å². The number of hydrogen-bond donors (Lipinski definition) is 0. The van der Waals surface area contributed by atoms with Gasteiger partial charge in [0.1, 0.15) is 6.17 Å². The predicted molar refractivity (Wildman–Crippen MR) is 117 cm³/mol. The van der Waals surface area contributed by atoms with Crippen molar-refractivity contribution in [2.24, 2.45) is 0 Å². The normalized spacial score (nSPS) is 17.0. The quantitative estimate of drug-likeness (QED) is 0.244. The molecule has 1 rings (SSSR count). The fourth-order valence-electron chi connectivity index (χ4n) is 4.12. The van der Waals surface area contributed by atoms with E-state index in [9.17, 15) is 0 Å². The maximum atomic E-state index is 2.63. The van der Waals surface area contributed by atoms with Gasteiger partial charge < -0.3 is 9.80 Å². The van der Waals surface area contributed by atoms with Crippen LogP contribution in [-0.4, -0.2) is 28.6 Å². The lowest BCUT2D eigenvalue weighted by Gasteiger charge is -2.35. The van der Waals surface area contributed by atoms with Crippen molar-refractivity contribution in [3.05, 3.63) is 12.4 Å². The molecule has 0 N–H and O–H groups in total. The van der Waals surface area contributed by atoms with Crippen molar-refractivity contribution in [2.75, 3.05) is 6.54 Å². The van der Waals surface area contributed by atoms with Crippen molar-refractivity contribution < 1.29 is 0 Å². The van der Waals surface area contributed by atoms with Gasteiger partial charge in [-0.3, -0.25) is 0 Å². The van der Waals surface area contributed by atoms with E-state index in [-0.39, 0.29) is 0 Å². The lowest BCUT2D eigenvalue weighted by Crippen LogP contribution is -2.42. The molecule has 0 aromatic rings. The molecule has 2 heteroatoms. The fraction of sp³-hybridized carbons (Fsp3) is 0.917. The molecule has 26 heavy (non-hydrogen) atoms. The van der Waals surface area contributed by atoms with Crippen molar-refractivity contribution in [3.63, 3.8) is 0 Å². The Balaban J connectivity index is 2.18. The van der Waals surface area contributed by atoms with Gasteiger partial charge in [0.2, 0.25) is 0 Å². The monoisotopic (exact) mass is 364 g/mol. The fourth-order valence-corrected chi connectivity index (χ4v) is 4.12. The van der Waals surface area contributed by atoms with Crippen LogP contribution in [0.2, 0.25) is 0 Å². The Morgan fingerprint density at radius 2 is 1.15 bits per heavy atom. The zero-order chi connectivity index (χ0) is 19.0. The van der Waals surface area contributed by atoms with Gasteiger partial charge in [0.25, 0.3) is 0 Å². The van der Waals surface area contributed by atoms with E-state index in [4.69, 9.17) is 0 Å². The number of rotatable bonds is 17. The third-order valence-corrected chi connectivity index (χ3v) is 5.84. The lowest BCUT2D eigenvalue weighted by atomic mass is 10.1. The Hall–Kier alpha value is -0.660. The first-order valence-electron chi connectivity index (χ1n) is 11.9. The summed E-state index contributed by atoms with van der Waals surface area (Å²) in [7, 11) is 0. The van der Waals surface area contributed by atoms with Gasteiger partial charge >= 0.3 is 0 Å². The molecule has 0 spiro atoms. The van der Waals surface area contributed by atoms with Gasteiger partial charge in [0, 0.05) is 25.0 Å². The molecule has 1 atom stereocenters. The first-order valence-corrected chi connectivity index (χ1v) is 11.9. The first-order chi connectivity index (χ1) is 12.7. The number of nitrogens with zero attached hydrogens (tertiary/aromatic N) is 2. The van der Waals surface area contributed by atoms with Crippen molar-refractivity contribution in [1.82, 2.24) is 9.80 Å².